The highest BCUT2D eigenvalue weighted by atomic mass is 16.5. The minimum absolute atomic E-state index is 0.900. The van der Waals surface area contributed by atoms with Crippen LogP contribution in [0.1, 0.15) is 0 Å². The molecule has 2 aliphatic rings. The minimum Gasteiger partial charge on any atom is -0.456 e. The summed E-state index contributed by atoms with van der Waals surface area (Å²) in [5.41, 5.74) is 15.0. The lowest BCUT2D eigenvalue weighted by Gasteiger charge is -2.22. The van der Waals surface area contributed by atoms with Gasteiger partial charge in [-0.2, -0.15) is 0 Å². The van der Waals surface area contributed by atoms with Gasteiger partial charge in [0.05, 0.1) is 0 Å². The van der Waals surface area contributed by atoms with E-state index in [1.54, 1.807) is 0 Å². The molecule has 0 spiro atoms. The highest BCUT2D eigenvalue weighted by Crippen LogP contribution is 2.58. The minimum atomic E-state index is 0.900. The van der Waals surface area contributed by atoms with Gasteiger partial charge in [0, 0.05) is 10.9 Å². The Hall–Kier alpha value is -6.44. The van der Waals surface area contributed by atoms with E-state index >= 15 is 0 Å². The molecule has 0 amide bonds. The third-order valence-corrected chi connectivity index (χ3v) is 10.6. The van der Waals surface area contributed by atoms with Crippen LogP contribution in [0.2, 0.25) is 0 Å². The van der Waals surface area contributed by atoms with Crippen molar-refractivity contribution in [2.24, 2.45) is 0 Å². The van der Waals surface area contributed by atoms with Crippen molar-refractivity contribution in [1.82, 2.24) is 0 Å². The van der Waals surface area contributed by atoms with E-state index in [2.05, 4.69) is 170 Å². The maximum atomic E-state index is 6.44. The molecule has 0 radical (unpaired) electrons. The lowest BCUT2D eigenvalue weighted by Crippen LogP contribution is -1.97. The van der Waals surface area contributed by atoms with Gasteiger partial charge < -0.3 is 4.74 Å². The third kappa shape index (κ3) is 3.76. The van der Waals surface area contributed by atoms with Crippen LogP contribution in [0.5, 0.6) is 11.5 Å². The molecule has 9 aromatic carbocycles. The van der Waals surface area contributed by atoms with Gasteiger partial charge in [-0.05, 0) is 112 Å². The summed E-state index contributed by atoms with van der Waals surface area (Å²) in [6, 6.07) is 62.0. The van der Waals surface area contributed by atoms with Gasteiger partial charge in [0.1, 0.15) is 11.5 Å². The number of fused-ring (bicyclic) bond motifs is 6. The molecule has 9 aromatic rings. The first-order valence-electron chi connectivity index (χ1n) is 16.9. The molecule has 0 fully saturated rings. The molecule has 1 aliphatic carbocycles. The molecule has 1 nitrogen and oxygen atoms in total. The fourth-order valence-electron chi connectivity index (χ4n) is 8.54. The van der Waals surface area contributed by atoms with E-state index in [9.17, 15) is 0 Å². The summed E-state index contributed by atoms with van der Waals surface area (Å²) in [7, 11) is 0. The molecule has 1 aliphatic heterocycles. The molecular formula is C48H28O. The summed E-state index contributed by atoms with van der Waals surface area (Å²) in [6.45, 7) is 0. The molecule has 0 bridgehead atoms. The molecule has 49 heavy (non-hydrogen) atoms. The topological polar surface area (TPSA) is 9.23 Å². The summed E-state index contributed by atoms with van der Waals surface area (Å²) in [5.74, 6) is 1.82. The van der Waals surface area contributed by atoms with E-state index in [0.717, 1.165) is 17.1 Å². The van der Waals surface area contributed by atoms with Crippen molar-refractivity contribution >= 4 is 32.3 Å². The average Bonchev–Trinajstić information content (AvgIpc) is 3.49. The maximum Gasteiger partial charge on any atom is 0.135 e. The van der Waals surface area contributed by atoms with Crippen LogP contribution in [0.25, 0.3) is 99.1 Å². The molecule has 1 heterocycles. The van der Waals surface area contributed by atoms with E-state index in [1.165, 1.54) is 93.5 Å². The first-order chi connectivity index (χ1) is 24.3. The average molecular weight is 621 g/mol. The molecule has 0 N–H and O–H groups in total. The van der Waals surface area contributed by atoms with Crippen molar-refractivity contribution in [2.45, 2.75) is 0 Å². The van der Waals surface area contributed by atoms with Crippen molar-refractivity contribution in [1.29, 1.82) is 0 Å². The number of hydrogen-bond donors (Lipinski definition) is 0. The second kappa shape index (κ2) is 10.0. The van der Waals surface area contributed by atoms with Gasteiger partial charge in [-0.3, -0.25) is 0 Å². The smallest absolute Gasteiger partial charge is 0.135 e. The SMILES string of the molecule is c1ccc(-c2c3c(c(-c4cccc(-c5ccc6c(c5)-c5cccc7cccc(c57)O6)c4)c4ccccc24)-c2cccc4cccc-3c24)cc1. The number of ether oxygens (including phenoxy) is 1. The largest absolute Gasteiger partial charge is 0.456 e. The Morgan fingerprint density at radius 2 is 0.837 bits per heavy atom. The van der Waals surface area contributed by atoms with Crippen LogP contribution in [0.4, 0.5) is 0 Å². The Balaban J connectivity index is 1.18. The van der Waals surface area contributed by atoms with E-state index in [1.807, 2.05) is 0 Å². The molecule has 0 aromatic heterocycles. The zero-order chi connectivity index (χ0) is 32.1. The van der Waals surface area contributed by atoms with Crippen LogP contribution >= 0.6 is 0 Å². The van der Waals surface area contributed by atoms with Gasteiger partial charge >= 0.3 is 0 Å². The second-order valence-corrected chi connectivity index (χ2v) is 13.2. The molecular weight excluding hydrogens is 593 g/mol. The Morgan fingerprint density at radius 1 is 0.286 bits per heavy atom. The monoisotopic (exact) mass is 620 g/mol. The zero-order valence-corrected chi connectivity index (χ0v) is 26.6. The Bertz CT molecular complexity index is 2830. The molecule has 0 unspecified atom stereocenters. The van der Waals surface area contributed by atoms with Gasteiger partial charge in [0.25, 0.3) is 0 Å². The normalized spacial score (nSPS) is 12.2. The lowest BCUT2D eigenvalue weighted by molar-refractivity contribution is 0.487. The van der Waals surface area contributed by atoms with Gasteiger partial charge in [0.15, 0.2) is 0 Å². The fourth-order valence-corrected chi connectivity index (χ4v) is 8.54. The van der Waals surface area contributed by atoms with E-state index < -0.39 is 0 Å². The number of hydrogen-bond acceptors (Lipinski definition) is 1. The van der Waals surface area contributed by atoms with Crippen molar-refractivity contribution in [3.63, 3.8) is 0 Å². The predicted octanol–water partition coefficient (Wildman–Crippen LogP) is 13.6. The van der Waals surface area contributed by atoms with Crippen LogP contribution < -0.4 is 4.74 Å². The summed E-state index contributed by atoms with van der Waals surface area (Å²) >= 11 is 0. The number of rotatable bonds is 3. The summed E-state index contributed by atoms with van der Waals surface area (Å²) < 4.78 is 6.44. The maximum absolute atomic E-state index is 6.44. The van der Waals surface area contributed by atoms with Gasteiger partial charge in [-0.25, -0.2) is 0 Å². The summed E-state index contributed by atoms with van der Waals surface area (Å²) in [6.07, 6.45) is 0. The molecule has 0 saturated carbocycles. The van der Waals surface area contributed by atoms with E-state index in [4.69, 9.17) is 4.74 Å². The predicted molar refractivity (Wildman–Crippen MR) is 205 cm³/mol. The highest BCUT2D eigenvalue weighted by Gasteiger charge is 2.30. The summed E-state index contributed by atoms with van der Waals surface area (Å²) in [4.78, 5) is 0. The molecule has 1 heteroatoms. The highest BCUT2D eigenvalue weighted by molar-refractivity contribution is 6.27. The Labute approximate surface area is 284 Å². The van der Waals surface area contributed by atoms with Crippen molar-refractivity contribution in [3.05, 3.63) is 170 Å². The fraction of sp³-hybridized carbons (Fsp3) is 0. The molecule has 0 saturated heterocycles. The van der Waals surface area contributed by atoms with Gasteiger partial charge in [0.2, 0.25) is 0 Å². The van der Waals surface area contributed by atoms with E-state index in [-0.39, 0.29) is 0 Å². The van der Waals surface area contributed by atoms with Crippen LogP contribution in [-0.2, 0) is 0 Å². The number of benzene rings is 9. The molecule has 226 valence electrons. The van der Waals surface area contributed by atoms with Crippen molar-refractivity contribution < 1.29 is 4.74 Å². The van der Waals surface area contributed by atoms with Crippen molar-refractivity contribution in [3.8, 4) is 78.3 Å². The van der Waals surface area contributed by atoms with Crippen LogP contribution in [0.15, 0.2) is 170 Å². The quantitative estimate of drug-likeness (QED) is 0.191. The van der Waals surface area contributed by atoms with Crippen LogP contribution in [-0.4, -0.2) is 0 Å². The van der Waals surface area contributed by atoms with Gasteiger partial charge in [-0.1, -0.05) is 146 Å². The molecule has 0 atom stereocenters. The van der Waals surface area contributed by atoms with Crippen LogP contribution in [0.3, 0.4) is 0 Å². The first-order valence-corrected chi connectivity index (χ1v) is 16.9. The molecule has 11 rings (SSSR count). The van der Waals surface area contributed by atoms with Crippen molar-refractivity contribution in [2.75, 3.05) is 0 Å². The second-order valence-electron chi connectivity index (χ2n) is 13.2. The third-order valence-electron chi connectivity index (χ3n) is 10.6. The van der Waals surface area contributed by atoms with Gasteiger partial charge in [-0.15, -0.1) is 0 Å². The first kappa shape index (κ1) is 26.6. The van der Waals surface area contributed by atoms with E-state index in [0.29, 0.717) is 0 Å². The Kier molecular flexibility index (Phi) is 5.45. The lowest BCUT2D eigenvalue weighted by atomic mass is 9.82. The Morgan fingerprint density at radius 3 is 1.57 bits per heavy atom. The zero-order valence-electron chi connectivity index (χ0n) is 26.6. The standard InChI is InChI=1S/C48H28O/c1-2-11-31(12-3-1)45-35-19-4-5-20-36(35)46(48-39-23-9-14-29-13-8-22-38(43(29)39)47(45)48)34-18-6-17-32(27-34)33-25-26-41-40(28-33)37-21-7-15-30-16-10-24-42(49-41)44(30)37/h1-28H. The van der Waals surface area contributed by atoms with Crippen LogP contribution in [0, 0.1) is 0 Å². The summed E-state index contributed by atoms with van der Waals surface area (Å²) in [5, 5.41) is 7.54.